The average Bonchev–Trinajstić information content (AvgIpc) is 3.04. The van der Waals surface area contributed by atoms with Crippen LogP contribution in [-0.2, 0) is 9.59 Å². The average molecular weight is 432 g/mol. The maximum Gasteiger partial charge on any atom is 0.282 e. The van der Waals surface area contributed by atoms with Crippen molar-refractivity contribution in [2.45, 2.75) is 6.92 Å². The molecule has 0 aliphatic carbocycles. The van der Waals surface area contributed by atoms with Gasteiger partial charge in [0.2, 0.25) is 0 Å². The number of halogens is 1. The molecule has 3 aromatic carbocycles. The number of imide groups is 1. The molecule has 1 aliphatic heterocycles. The summed E-state index contributed by atoms with van der Waals surface area (Å²) in [5, 5.41) is 3.09. The number of methoxy groups -OCH3 is 1. The van der Waals surface area contributed by atoms with Gasteiger partial charge in [-0.05, 0) is 49.4 Å². The van der Waals surface area contributed by atoms with Crippen molar-refractivity contribution in [1.82, 2.24) is 0 Å². The lowest BCUT2D eigenvalue weighted by Gasteiger charge is -2.15. The molecular formula is C25H21FN2O4. The van der Waals surface area contributed by atoms with Gasteiger partial charge in [0, 0.05) is 17.3 Å². The Labute approximate surface area is 184 Å². The molecule has 0 saturated carbocycles. The quantitative estimate of drug-likeness (QED) is 0.552. The number of carbonyl (C=O) groups excluding carboxylic acids is 2. The molecule has 0 spiro atoms. The first-order valence-corrected chi connectivity index (χ1v) is 10.1. The molecule has 4 rings (SSSR count). The first kappa shape index (κ1) is 21.1. The number of ether oxygens (including phenoxy) is 2. The topological polar surface area (TPSA) is 67.9 Å². The molecule has 32 heavy (non-hydrogen) atoms. The van der Waals surface area contributed by atoms with Crippen LogP contribution in [0.15, 0.2) is 78.5 Å². The first-order valence-electron chi connectivity index (χ1n) is 10.1. The van der Waals surface area contributed by atoms with E-state index < -0.39 is 17.6 Å². The van der Waals surface area contributed by atoms with Crippen LogP contribution in [0.3, 0.4) is 0 Å². The van der Waals surface area contributed by atoms with Gasteiger partial charge in [-0.25, -0.2) is 9.29 Å². The monoisotopic (exact) mass is 432 g/mol. The van der Waals surface area contributed by atoms with Gasteiger partial charge in [0.05, 0.1) is 25.0 Å². The van der Waals surface area contributed by atoms with Gasteiger partial charge in [-0.3, -0.25) is 9.59 Å². The molecule has 0 aromatic heterocycles. The highest BCUT2D eigenvalue weighted by Crippen LogP contribution is 2.37. The lowest BCUT2D eigenvalue weighted by Crippen LogP contribution is -2.32. The second-order valence-corrected chi connectivity index (χ2v) is 6.96. The van der Waals surface area contributed by atoms with Crippen molar-refractivity contribution < 1.29 is 23.5 Å². The van der Waals surface area contributed by atoms with Crippen molar-refractivity contribution in [2.75, 3.05) is 23.9 Å². The van der Waals surface area contributed by atoms with Crippen LogP contribution in [0.25, 0.3) is 5.57 Å². The van der Waals surface area contributed by atoms with E-state index in [0.29, 0.717) is 29.4 Å². The Morgan fingerprint density at radius 1 is 0.938 bits per heavy atom. The van der Waals surface area contributed by atoms with Gasteiger partial charge >= 0.3 is 0 Å². The van der Waals surface area contributed by atoms with Crippen LogP contribution in [0.5, 0.6) is 11.5 Å². The summed E-state index contributed by atoms with van der Waals surface area (Å²) >= 11 is 0. The van der Waals surface area contributed by atoms with E-state index in [-0.39, 0.29) is 17.0 Å². The van der Waals surface area contributed by atoms with Crippen molar-refractivity contribution in [3.8, 4) is 11.5 Å². The highest BCUT2D eigenvalue weighted by atomic mass is 19.1. The molecule has 1 N–H and O–H groups in total. The van der Waals surface area contributed by atoms with E-state index in [0.717, 1.165) is 4.90 Å². The number of anilines is 2. The summed E-state index contributed by atoms with van der Waals surface area (Å²) in [5.74, 6) is -0.466. The fraction of sp³-hybridized carbons (Fsp3) is 0.120. The number of rotatable bonds is 7. The summed E-state index contributed by atoms with van der Waals surface area (Å²) in [6.45, 7) is 2.37. The minimum absolute atomic E-state index is 0.0949. The number of hydrogen-bond acceptors (Lipinski definition) is 5. The van der Waals surface area contributed by atoms with Gasteiger partial charge in [0.1, 0.15) is 23.0 Å². The van der Waals surface area contributed by atoms with Crippen molar-refractivity contribution in [2.24, 2.45) is 0 Å². The van der Waals surface area contributed by atoms with Gasteiger partial charge in [-0.15, -0.1) is 0 Å². The van der Waals surface area contributed by atoms with Crippen LogP contribution >= 0.6 is 0 Å². The van der Waals surface area contributed by atoms with Crippen LogP contribution in [0.1, 0.15) is 12.5 Å². The van der Waals surface area contributed by atoms with Crippen LogP contribution in [0, 0.1) is 5.82 Å². The summed E-state index contributed by atoms with van der Waals surface area (Å²) in [5.41, 5.74) is 1.59. The highest BCUT2D eigenvalue weighted by molar-refractivity contribution is 6.46. The molecule has 0 saturated heterocycles. The third-order valence-corrected chi connectivity index (χ3v) is 4.96. The zero-order valence-corrected chi connectivity index (χ0v) is 17.6. The molecule has 0 fully saturated rings. The van der Waals surface area contributed by atoms with Gasteiger partial charge in [-0.2, -0.15) is 0 Å². The Balaban J connectivity index is 1.83. The maximum absolute atomic E-state index is 13.5. The molecule has 1 heterocycles. The van der Waals surface area contributed by atoms with Gasteiger partial charge in [0.15, 0.2) is 0 Å². The molecule has 0 bridgehead atoms. The zero-order chi connectivity index (χ0) is 22.7. The van der Waals surface area contributed by atoms with Crippen LogP contribution in [-0.4, -0.2) is 25.5 Å². The van der Waals surface area contributed by atoms with E-state index in [4.69, 9.17) is 9.47 Å². The number of para-hydroxylation sites is 1. The Morgan fingerprint density at radius 2 is 1.69 bits per heavy atom. The van der Waals surface area contributed by atoms with Gasteiger partial charge in [-0.1, -0.05) is 24.3 Å². The van der Waals surface area contributed by atoms with Crippen molar-refractivity contribution in [3.05, 3.63) is 89.9 Å². The summed E-state index contributed by atoms with van der Waals surface area (Å²) in [6.07, 6.45) is 0. The summed E-state index contributed by atoms with van der Waals surface area (Å²) < 4.78 is 24.4. The number of hydrogen-bond donors (Lipinski definition) is 1. The largest absolute Gasteiger partial charge is 0.496 e. The number of benzene rings is 3. The summed E-state index contributed by atoms with van der Waals surface area (Å²) in [7, 11) is 1.50. The second-order valence-electron chi connectivity index (χ2n) is 6.96. The molecule has 7 heteroatoms. The third-order valence-electron chi connectivity index (χ3n) is 4.96. The van der Waals surface area contributed by atoms with Gasteiger partial charge in [0.25, 0.3) is 11.8 Å². The SMILES string of the molecule is CCOc1cccc(NC2=C(c3ccccc3OC)C(=O)N(c3ccc(F)cc3)C2=O)c1. The van der Waals surface area contributed by atoms with E-state index in [1.54, 1.807) is 48.5 Å². The van der Waals surface area contributed by atoms with E-state index in [1.807, 2.05) is 6.92 Å². The minimum Gasteiger partial charge on any atom is -0.496 e. The Bertz CT molecular complexity index is 1200. The molecule has 6 nitrogen and oxygen atoms in total. The number of amides is 2. The molecule has 0 radical (unpaired) electrons. The molecule has 0 atom stereocenters. The van der Waals surface area contributed by atoms with E-state index in [2.05, 4.69) is 5.32 Å². The van der Waals surface area contributed by atoms with E-state index in [1.165, 1.54) is 31.4 Å². The van der Waals surface area contributed by atoms with Crippen LogP contribution in [0.4, 0.5) is 15.8 Å². The Morgan fingerprint density at radius 3 is 2.41 bits per heavy atom. The molecular weight excluding hydrogens is 411 g/mol. The predicted octanol–water partition coefficient (Wildman–Crippen LogP) is 4.63. The van der Waals surface area contributed by atoms with Gasteiger partial charge < -0.3 is 14.8 Å². The highest BCUT2D eigenvalue weighted by Gasteiger charge is 2.41. The number of nitrogens with zero attached hydrogens (tertiary/aromatic N) is 1. The smallest absolute Gasteiger partial charge is 0.282 e. The standard InChI is InChI=1S/C25H21FN2O4/c1-3-32-19-8-6-7-17(15-19)27-23-22(20-9-4-5-10-21(20)31-2)24(29)28(25(23)30)18-13-11-16(26)12-14-18/h4-15,27H,3H2,1-2H3. The van der Waals surface area contributed by atoms with Crippen LogP contribution < -0.4 is 19.7 Å². The molecule has 3 aromatic rings. The molecule has 0 unspecified atom stereocenters. The van der Waals surface area contributed by atoms with Crippen molar-refractivity contribution >= 4 is 28.8 Å². The van der Waals surface area contributed by atoms with Crippen molar-refractivity contribution in [1.29, 1.82) is 0 Å². The fourth-order valence-electron chi connectivity index (χ4n) is 3.55. The summed E-state index contributed by atoms with van der Waals surface area (Å²) in [6, 6.07) is 19.3. The first-order chi connectivity index (χ1) is 15.5. The fourth-order valence-corrected chi connectivity index (χ4v) is 3.55. The minimum atomic E-state index is -0.552. The van der Waals surface area contributed by atoms with E-state index in [9.17, 15) is 14.0 Å². The Kier molecular flexibility index (Phi) is 5.89. The summed E-state index contributed by atoms with van der Waals surface area (Å²) in [4.78, 5) is 27.9. The lowest BCUT2D eigenvalue weighted by molar-refractivity contribution is -0.120. The van der Waals surface area contributed by atoms with Crippen LogP contribution in [0.2, 0.25) is 0 Å². The predicted molar refractivity (Wildman–Crippen MR) is 120 cm³/mol. The third kappa shape index (κ3) is 3.92. The maximum atomic E-state index is 13.5. The zero-order valence-electron chi connectivity index (χ0n) is 17.6. The normalized spacial score (nSPS) is 13.5. The molecule has 2 amide bonds. The lowest BCUT2D eigenvalue weighted by atomic mass is 10.0. The number of nitrogens with one attached hydrogen (secondary N) is 1. The Hall–Kier alpha value is -4.13. The van der Waals surface area contributed by atoms with Crippen molar-refractivity contribution in [3.63, 3.8) is 0 Å². The number of carbonyl (C=O) groups is 2. The molecule has 162 valence electrons. The van der Waals surface area contributed by atoms with E-state index >= 15 is 0 Å². The second kappa shape index (κ2) is 8.93. The molecule has 1 aliphatic rings.